The molecule has 0 bridgehead atoms. The van der Waals surface area contributed by atoms with E-state index in [1.807, 2.05) is 63.2 Å². The lowest BCUT2D eigenvalue weighted by Crippen LogP contribution is -2.53. The van der Waals surface area contributed by atoms with Gasteiger partial charge in [0.1, 0.15) is 6.04 Å². The van der Waals surface area contributed by atoms with E-state index in [2.05, 4.69) is 22.8 Å². The molecule has 2 atom stereocenters. The van der Waals surface area contributed by atoms with Gasteiger partial charge in [-0.15, -0.1) is 0 Å². The molecule has 4 N–H and O–H groups in total. The average Bonchev–Trinajstić information content (AvgIpc) is 2.72. The zero-order valence-electron chi connectivity index (χ0n) is 19.4. The minimum Gasteiger partial charge on any atom is -0.369 e. The molecule has 0 aliphatic rings. The van der Waals surface area contributed by atoms with Gasteiger partial charge in [-0.25, -0.2) is 0 Å². The summed E-state index contributed by atoms with van der Waals surface area (Å²) in [7, 11) is 0. The van der Waals surface area contributed by atoms with Crippen LogP contribution < -0.4 is 16.4 Å². The van der Waals surface area contributed by atoms with Gasteiger partial charge in [0.2, 0.25) is 17.7 Å². The zero-order valence-corrected chi connectivity index (χ0v) is 19.4. The van der Waals surface area contributed by atoms with Crippen LogP contribution in [0.5, 0.6) is 0 Å². The Labute approximate surface area is 191 Å². The monoisotopic (exact) mass is 436 g/mol. The first-order valence-electron chi connectivity index (χ1n) is 10.9. The van der Waals surface area contributed by atoms with Gasteiger partial charge in [0.15, 0.2) is 0 Å². The molecule has 2 rings (SSSR count). The number of benzene rings is 2. The van der Waals surface area contributed by atoms with Crippen LogP contribution in [0.1, 0.15) is 50.8 Å². The first-order valence-corrected chi connectivity index (χ1v) is 10.9. The van der Waals surface area contributed by atoms with Crippen molar-refractivity contribution >= 4 is 17.7 Å². The molecule has 0 fully saturated rings. The molecule has 0 saturated heterocycles. The van der Waals surface area contributed by atoms with E-state index in [0.29, 0.717) is 6.42 Å². The van der Waals surface area contributed by atoms with E-state index in [0.717, 1.165) is 12.0 Å². The molecule has 2 aromatic rings. The predicted octanol–water partition coefficient (Wildman–Crippen LogP) is 2.94. The Morgan fingerprint density at radius 3 is 2.06 bits per heavy atom. The summed E-state index contributed by atoms with van der Waals surface area (Å²) in [5.41, 5.74) is 8.18. The molecule has 0 aromatic heterocycles. The fourth-order valence-corrected chi connectivity index (χ4v) is 3.16. The summed E-state index contributed by atoms with van der Waals surface area (Å²) in [6, 6.07) is 17.5. The van der Waals surface area contributed by atoms with Gasteiger partial charge in [-0.3, -0.25) is 14.4 Å². The van der Waals surface area contributed by atoms with Crippen LogP contribution in [0.25, 0.3) is 0 Å². The van der Waals surface area contributed by atoms with E-state index in [-0.39, 0.29) is 12.3 Å². The van der Waals surface area contributed by atoms with Gasteiger partial charge in [0.05, 0.1) is 6.42 Å². The smallest absolute Gasteiger partial charge is 0.243 e. The number of rotatable bonds is 10. The molecule has 0 heterocycles. The molecule has 0 saturated carbocycles. The lowest BCUT2D eigenvalue weighted by molar-refractivity contribution is -0.128. The Hall–Kier alpha value is -3.15. The van der Waals surface area contributed by atoms with E-state index in [1.165, 1.54) is 17.5 Å². The number of hydrogen-bond acceptors (Lipinski definition) is 3. The molecule has 2 unspecified atom stereocenters. The molecule has 3 amide bonds. The van der Waals surface area contributed by atoms with Crippen molar-refractivity contribution in [1.82, 2.24) is 10.6 Å². The van der Waals surface area contributed by atoms with Gasteiger partial charge in [0, 0.05) is 17.9 Å². The number of carbonyl (C=O) groups is 3. The highest BCUT2D eigenvalue weighted by Gasteiger charge is 2.25. The summed E-state index contributed by atoms with van der Waals surface area (Å²) in [5, 5.41) is 5.71. The number of hydrogen-bond donors (Lipinski definition) is 3. The average molecular weight is 437 g/mol. The van der Waals surface area contributed by atoms with Gasteiger partial charge in [-0.05, 0) is 50.3 Å². The van der Waals surface area contributed by atoms with Crippen LogP contribution in [0.15, 0.2) is 54.6 Å². The van der Waals surface area contributed by atoms with Crippen LogP contribution in [-0.2, 0) is 27.2 Å². The molecule has 6 nitrogen and oxygen atoms in total. The Kier molecular flexibility index (Phi) is 9.00. The molecule has 1 radical (unpaired) electrons. The topological polar surface area (TPSA) is 101 Å². The van der Waals surface area contributed by atoms with Crippen LogP contribution in [-0.4, -0.2) is 29.3 Å². The molecular weight excluding hydrogens is 402 g/mol. The van der Waals surface area contributed by atoms with E-state index in [9.17, 15) is 14.4 Å². The summed E-state index contributed by atoms with van der Waals surface area (Å²) in [6.07, 6.45) is 2.79. The highest BCUT2D eigenvalue weighted by molar-refractivity contribution is 5.92. The second-order valence-electron chi connectivity index (χ2n) is 9.23. The maximum absolute atomic E-state index is 12.8. The molecule has 6 heteroatoms. The minimum absolute atomic E-state index is 0.225. The zero-order chi connectivity index (χ0) is 23.7. The van der Waals surface area contributed by atoms with Crippen molar-refractivity contribution in [2.75, 3.05) is 0 Å². The van der Waals surface area contributed by atoms with Crippen molar-refractivity contribution in [2.45, 2.75) is 58.5 Å². The number of nitrogens with one attached hydrogen (secondary N) is 2. The normalized spacial score (nSPS) is 13.1. The highest BCUT2D eigenvalue weighted by Crippen LogP contribution is 2.13. The first kappa shape index (κ1) is 25.1. The third-order valence-electron chi connectivity index (χ3n) is 4.99. The summed E-state index contributed by atoms with van der Waals surface area (Å²) in [4.78, 5) is 36.4. The number of primary amides is 1. The third-order valence-corrected chi connectivity index (χ3v) is 4.99. The fraction of sp³-hybridized carbons (Fsp3) is 0.385. The van der Waals surface area contributed by atoms with Gasteiger partial charge in [0.25, 0.3) is 0 Å². The fourth-order valence-electron chi connectivity index (χ4n) is 3.16. The molecule has 0 aliphatic carbocycles. The SMILES string of the molecule is CC(C[CH]C(=O)NC(Cc1ccc(Cc2ccccc2)cc1)C(=O)NC(C)(C)C)C(N)=O. The van der Waals surface area contributed by atoms with Crippen LogP contribution in [0.2, 0.25) is 0 Å². The second kappa shape index (κ2) is 11.5. The lowest BCUT2D eigenvalue weighted by atomic mass is 9.99. The van der Waals surface area contributed by atoms with Gasteiger partial charge < -0.3 is 16.4 Å². The quantitative estimate of drug-likeness (QED) is 0.534. The van der Waals surface area contributed by atoms with Crippen LogP contribution in [0.3, 0.4) is 0 Å². The number of carbonyl (C=O) groups excluding carboxylic acids is 3. The van der Waals surface area contributed by atoms with Gasteiger partial charge in [-0.2, -0.15) is 0 Å². The maximum Gasteiger partial charge on any atom is 0.243 e. The summed E-state index contributed by atoms with van der Waals surface area (Å²) in [6.45, 7) is 7.33. The molecule has 171 valence electrons. The Balaban J connectivity index is 2.05. The van der Waals surface area contributed by atoms with Crippen LogP contribution in [0, 0.1) is 12.3 Å². The summed E-state index contributed by atoms with van der Waals surface area (Å²) < 4.78 is 0. The van der Waals surface area contributed by atoms with E-state index in [1.54, 1.807) is 6.92 Å². The number of nitrogens with two attached hydrogens (primary N) is 1. The standard InChI is InChI=1S/C26H34N3O3/c1-18(24(27)31)10-15-23(30)28-22(25(32)29-26(2,3)4)17-21-13-11-20(12-14-21)16-19-8-6-5-7-9-19/h5-9,11-15,18,22H,10,16-17H2,1-4H3,(H2,27,31)(H,28,30)(H,29,32). The lowest BCUT2D eigenvalue weighted by Gasteiger charge is -2.26. The third kappa shape index (κ3) is 8.92. The van der Waals surface area contributed by atoms with Gasteiger partial charge >= 0.3 is 0 Å². The Morgan fingerprint density at radius 1 is 0.938 bits per heavy atom. The van der Waals surface area contributed by atoms with Crippen molar-refractivity contribution in [2.24, 2.45) is 11.7 Å². The van der Waals surface area contributed by atoms with Crippen molar-refractivity contribution in [3.63, 3.8) is 0 Å². The summed E-state index contributed by atoms with van der Waals surface area (Å²) in [5.74, 6) is -1.56. The minimum atomic E-state index is -0.734. The van der Waals surface area contributed by atoms with E-state index in [4.69, 9.17) is 5.73 Å². The molecular formula is C26H34N3O3. The predicted molar refractivity (Wildman–Crippen MR) is 126 cm³/mol. The molecule has 2 aromatic carbocycles. The van der Waals surface area contributed by atoms with E-state index >= 15 is 0 Å². The van der Waals surface area contributed by atoms with Crippen LogP contribution >= 0.6 is 0 Å². The largest absolute Gasteiger partial charge is 0.369 e. The molecule has 0 spiro atoms. The summed E-state index contributed by atoms with van der Waals surface area (Å²) >= 11 is 0. The maximum atomic E-state index is 12.8. The van der Waals surface area contributed by atoms with Crippen molar-refractivity contribution in [1.29, 1.82) is 0 Å². The van der Waals surface area contributed by atoms with E-state index < -0.39 is 29.3 Å². The Bertz CT molecular complexity index is 902. The first-order chi connectivity index (χ1) is 15.0. The Morgan fingerprint density at radius 2 is 1.50 bits per heavy atom. The van der Waals surface area contributed by atoms with Crippen LogP contribution in [0.4, 0.5) is 0 Å². The number of amides is 3. The molecule has 0 aliphatic heterocycles. The highest BCUT2D eigenvalue weighted by atomic mass is 16.2. The van der Waals surface area contributed by atoms with Crippen molar-refractivity contribution < 1.29 is 14.4 Å². The van der Waals surface area contributed by atoms with Crippen molar-refractivity contribution in [3.8, 4) is 0 Å². The van der Waals surface area contributed by atoms with Gasteiger partial charge in [-0.1, -0.05) is 61.5 Å². The molecule has 32 heavy (non-hydrogen) atoms. The van der Waals surface area contributed by atoms with Crippen molar-refractivity contribution in [3.05, 3.63) is 77.7 Å². The second-order valence-corrected chi connectivity index (χ2v) is 9.23.